The van der Waals surface area contributed by atoms with Gasteiger partial charge < -0.3 is 19.1 Å². The lowest BCUT2D eigenvalue weighted by Gasteiger charge is -2.37. The monoisotopic (exact) mass is 298 g/mol. The average molecular weight is 298 g/mol. The maximum absolute atomic E-state index is 11.9. The molecular formula is C15H26N2O4. The summed E-state index contributed by atoms with van der Waals surface area (Å²) in [6.07, 6.45) is 5.10. The summed E-state index contributed by atoms with van der Waals surface area (Å²) in [6.45, 7) is 6.29. The van der Waals surface area contributed by atoms with Crippen molar-refractivity contribution in [2.24, 2.45) is 0 Å². The van der Waals surface area contributed by atoms with Crippen LogP contribution in [0.1, 0.15) is 32.1 Å². The van der Waals surface area contributed by atoms with E-state index in [-0.39, 0.29) is 11.9 Å². The second kappa shape index (κ2) is 6.94. The fourth-order valence-corrected chi connectivity index (χ4v) is 3.33. The third kappa shape index (κ3) is 3.87. The van der Waals surface area contributed by atoms with Crippen molar-refractivity contribution in [1.82, 2.24) is 9.80 Å². The Bertz CT molecular complexity index is 342. The third-order valence-corrected chi connectivity index (χ3v) is 4.68. The lowest BCUT2D eigenvalue weighted by Crippen LogP contribution is -2.46. The number of carbonyl (C=O) groups is 1. The molecule has 1 spiro atoms. The van der Waals surface area contributed by atoms with E-state index in [0.29, 0.717) is 19.8 Å². The molecule has 0 aromatic carbocycles. The normalized spacial score (nSPS) is 26.2. The van der Waals surface area contributed by atoms with Crippen LogP contribution in [0.5, 0.6) is 0 Å². The second-order valence-corrected chi connectivity index (χ2v) is 6.11. The molecule has 3 rings (SSSR count). The van der Waals surface area contributed by atoms with Gasteiger partial charge in [-0.05, 0) is 19.3 Å². The highest BCUT2D eigenvalue weighted by atomic mass is 16.7. The number of nitrogens with zero attached hydrogens (tertiary/aromatic N) is 2. The first-order chi connectivity index (χ1) is 10.3. The largest absolute Gasteiger partial charge is 0.448 e. The number of piperidine rings is 2. The Balaban J connectivity index is 1.32. The summed E-state index contributed by atoms with van der Waals surface area (Å²) >= 11 is 0. The zero-order valence-electron chi connectivity index (χ0n) is 12.7. The Labute approximate surface area is 126 Å². The molecule has 0 radical (unpaired) electrons. The van der Waals surface area contributed by atoms with E-state index in [1.807, 2.05) is 4.90 Å². The number of ether oxygens (including phenoxy) is 3. The summed E-state index contributed by atoms with van der Waals surface area (Å²) < 4.78 is 16.8. The Morgan fingerprint density at radius 2 is 1.67 bits per heavy atom. The lowest BCUT2D eigenvalue weighted by molar-refractivity contribution is -0.185. The van der Waals surface area contributed by atoms with Crippen LogP contribution in [-0.2, 0) is 14.2 Å². The molecule has 0 aromatic rings. The summed E-state index contributed by atoms with van der Waals surface area (Å²) in [4.78, 5) is 16.0. The number of hydrogen-bond donors (Lipinski definition) is 0. The van der Waals surface area contributed by atoms with E-state index in [2.05, 4.69) is 4.90 Å². The van der Waals surface area contributed by atoms with E-state index in [0.717, 1.165) is 58.4 Å². The number of carbonyl (C=O) groups excluding carboxylic acids is 1. The first-order valence-corrected chi connectivity index (χ1v) is 8.19. The van der Waals surface area contributed by atoms with Gasteiger partial charge in [-0.25, -0.2) is 4.79 Å². The molecule has 1 amide bonds. The van der Waals surface area contributed by atoms with Gasteiger partial charge in [-0.15, -0.1) is 0 Å². The lowest BCUT2D eigenvalue weighted by atomic mass is 10.0. The van der Waals surface area contributed by atoms with Crippen molar-refractivity contribution in [3.05, 3.63) is 0 Å². The summed E-state index contributed by atoms with van der Waals surface area (Å²) in [5.74, 6) is -0.318. The molecule has 3 aliphatic heterocycles. The average Bonchev–Trinajstić information content (AvgIpc) is 2.98. The van der Waals surface area contributed by atoms with Gasteiger partial charge in [-0.2, -0.15) is 0 Å². The molecule has 3 heterocycles. The minimum Gasteiger partial charge on any atom is -0.448 e. The minimum atomic E-state index is -0.318. The Morgan fingerprint density at radius 1 is 1.00 bits per heavy atom. The van der Waals surface area contributed by atoms with Gasteiger partial charge in [0, 0.05) is 45.6 Å². The van der Waals surface area contributed by atoms with Gasteiger partial charge in [0.2, 0.25) is 0 Å². The summed E-state index contributed by atoms with van der Waals surface area (Å²) in [5.41, 5.74) is 0. The molecular weight excluding hydrogens is 272 g/mol. The van der Waals surface area contributed by atoms with Crippen molar-refractivity contribution in [2.45, 2.75) is 37.9 Å². The van der Waals surface area contributed by atoms with E-state index in [1.54, 1.807) is 0 Å². The van der Waals surface area contributed by atoms with Gasteiger partial charge in [0.25, 0.3) is 0 Å². The van der Waals surface area contributed by atoms with E-state index in [1.165, 1.54) is 6.42 Å². The van der Waals surface area contributed by atoms with Crippen molar-refractivity contribution in [2.75, 3.05) is 52.5 Å². The molecule has 6 heteroatoms. The molecule has 0 unspecified atom stereocenters. The summed E-state index contributed by atoms with van der Waals surface area (Å²) in [7, 11) is 0. The summed E-state index contributed by atoms with van der Waals surface area (Å²) in [6, 6.07) is 0. The highest BCUT2D eigenvalue weighted by Gasteiger charge is 2.39. The van der Waals surface area contributed by atoms with E-state index in [4.69, 9.17) is 14.2 Å². The van der Waals surface area contributed by atoms with Crippen LogP contribution >= 0.6 is 0 Å². The van der Waals surface area contributed by atoms with Crippen LogP contribution in [0.15, 0.2) is 0 Å². The molecule has 3 fully saturated rings. The van der Waals surface area contributed by atoms with E-state index >= 15 is 0 Å². The summed E-state index contributed by atoms with van der Waals surface area (Å²) in [5, 5.41) is 0. The van der Waals surface area contributed by atoms with Gasteiger partial charge in [0.05, 0.1) is 13.2 Å². The maximum Gasteiger partial charge on any atom is 0.409 e. The zero-order valence-corrected chi connectivity index (χ0v) is 12.7. The van der Waals surface area contributed by atoms with Crippen molar-refractivity contribution in [3.63, 3.8) is 0 Å². The first-order valence-electron chi connectivity index (χ1n) is 8.19. The fourth-order valence-electron chi connectivity index (χ4n) is 3.33. The van der Waals surface area contributed by atoms with Crippen LogP contribution in [0.4, 0.5) is 4.79 Å². The van der Waals surface area contributed by atoms with Crippen LogP contribution in [0.2, 0.25) is 0 Å². The molecule has 0 saturated carbocycles. The van der Waals surface area contributed by atoms with Gasteiger partial charge in [-0.1, -0.05) is 0 Å². The van der Waals surface area contributed by atoms with Crippen molar-refractivity contribution < 1.29 is 19.0 Å². The van der Waals surface area contributed by atoms with Crippen LogP contribution < -0.4 is 0 Å². The van der Waals surface area contributed by atoms with Crippen LogP contribution in [-0.4, -0.2) is 74.2 Å². The molecule has 3 aliphatic rings. The third-order valence-electron chi connectivity index (χ3n) is 4.68. The SMILES string of the molecule is O=C(OCCN1CCC2(CC1)OCCO2)N1CCCCC1. The van der Waals surface area contributed by atoms with Gasteiger partial charge in [-0.3, -0.25) is 4.90 Å². The number of hydrogen-bond acceptors (Lipinski definition) is 5. The van der Waals surface area contributed by atoms with Gasteiger partial charge in [0.1, 0.15) is 6.61 Å². The van der Waals surface area contributed by atoms with Crippen molar-refractivity contribution in [1.29, 1.82) is 0 Å². The second-order valence-electron chi connectivity index (χ2n) is 6.11. The Hall–Kier alpha value is -0.850. The highest BCUT2D eigenvalue weighted by molar-refractivity contribution is 5.67. The van der Waals surface area contributed by atoms with Crippen molar-refractivity contribution in [3.8, 4) is 0 Å². The molecule has 21 heavy (non-hydrogen) atoms. The van der Waals surface area contributed by atoms with Gasteiger partial charge in [0.15, 0.2) is 5.79 Å². The molecule has 0 bridgehead atoms. The quantitative estimate of drug-likeness (QED) is 0.789. The number of rotatable bonds is 3. The van der Waals surface area contributed by atoms with Crippen LogP contribution in [0.3, 0.4) is 0 Å². The minimum absolute atomic E-state index is 0.148. The standard InChI is InChI=1S/C15H26N2O4/c18-14(17-6-2-1-3-7-17)19-11-10-16-8-4-15(5-9-16)20-12-13-21-15/h1-13H2. The first kappa shape index (κ1) is 15.1. The van der Waals surface area contributed by atoms with E-state index in [9.17, 15) is 4.79 Å². The molecule has 0 N–H and O–H groups in total. The number of likely N-dealkylation sites (tertiary alicyclic amines) is 2. The molecule has 0 atom stereocenters. The smallest absolute Gasteiger partial charge is 0.409 e. The number of amides is 1. The molecule has 0 aliphatic carbocycles. The maximum atomic E-state index is 11.9. The predicted octanol–water partition coefficient (Wildman–Crippen LogP) is 1.45. The van der Waals surface area contributed by atoms with Crippen LogP contribution in [0, 0.1) is 0 Å². The van der Waals surface area contributed by atoms with Crippen molar-refractivity contribution >= 4 is 6.09 Å². The molecule has 0 aromatic heterocycles. The van der Waals surface area contributed by atoms with Crippen LogP contribution in [0.25, 0.3) is 0 Å². The molecule has 6 nitrogen and oxygen atoms in total. The molecule has 120 valence electrons. The molecule has 3 saturated heterocycles. The topological polar surface area (TPSA) is 51.2 Å². The Kier molecular flexibility index (Phi) is 4.98. The Morgan fingerprint density at radius 3 is 2.33 bits per heavy atom. The fraction of sp³-hybridized carbons (Fsp3) is 0.933. The zero-order chi connectivity index (χ0) is 14.5. The van der Waals surface area contributed by atoms with Gasteiger partial charge >= 0.3 is 6.09 Å². The predicted molar refractivity (Wildman–Crippen MR) is 77.1 cm³/mol. The highest BCUT2D eigenvalue weighted by Crippen LogP contribution is 2.30. The van der Waals surface area contributed by atoms with E-state index < -0.39 is 0 Å².